The molecule has 0 spiro atoms. The zero-order chi connectivity index (χ0) is 11.4. The van der Waals surface area contributed by atoms with Gasteiger partial charge >= 0.3 is 6.18 Å². The zero-order valence-corrected chi connectivity index (χ0v) is 7.51. The Morgan fingerprint density at radius 3 is 2.14 bits per heavy atom. The molecule has 1 aromatic rings. The minimum atomic E-state index is -4.33. The number of carboxylic acids is 1. The van der Waals surface area contributed by atoms with Gasteiger partial charge in [0.15, 0.2) is 5.69 Å². The Kier molecular flexibility index (Phi) is 4.13. The Morgan fingerprint density at radius 1 is 1.57 bits per heavy atom. The maximum absolute atomic E-state index is 11.7. The second kappa shape index (κ2) is 4.64. The average molecular weight is 210 g/mol. The first-order valence-corrected chi connectivity index (χ1v) is 3.52. The molecule has 2 N–H and O–H groups in total. The number of nitrogens with zero attached hydrogens (tertiary/aromatic N) is 1. The van der Waals surface area contributed by atoms with E-state index in [9.17, 15) is 13.2 Å². The van der Waals surface area contributed by atoms with Crippen molar-refractivity contribution in [2.75, 3.05) is 0 Å². The molecule has 0 saturated heterocycles. The van der Waals surface area contributed by atoms with Crippen LogP contribution < -0.4 is 0 Å². The van der Waals surface area contributed by atoms with E-state index in [1.165, 1.54) is 6.92 Å². The van der Waals surface area contributed by atoms with Crippen molar-refractivity contribution >= 4 is 5.97 Å². The van der Waals surface area contributed by atoms with Crippen molar-refractivity contribution in [3.63, 3.8) is 0 Å². The molecule has 0 amide bonds. The summed E-state index contributed by atoms with van der Waals surface area (Å²) in [5.41, 5.74) is -0.461. The van der Waals surface area contributed by atoms with Crippen molar-refractivity contribution in [2.24, 2.45) is 0 Å². The number of aryl methyl sites for hydroxylation is 1. The molecule has 14 heavy (non-hydrogen) atoms. The lowest BCUT2D eigenvalue weighted by Gasteiger charge is -1.98. The fourth-order valence-electron chi connectivity index (χ4n) is 0.563. The van der Waals surface area contributed by atoms with Crippen molar-refractivity contribution < 1.29 is 23.1 Å². The van der Waals surface area contributed by atoms with E-state index in [0.717, 1.165) is 13.0 Å². The van der Waals surface area contributed by atoms with Crippen LogP contribution >= 0.6 is 0 Å². The van der Waals surface area contributed by atoms with Gasteiger partial charge in [-0.25, -0.2) is 0 Å². The van der Waals surface area contributed by atoms with Crippen molar-refractivity contribution in [3.8, 4) is 0 Å². The van der Waals surface area contributed by atoms with Gasteiger partial charge < -0.3 is 5.11 Å². The lowest BCUT2D eigenvalue weighted by molar-refractivity contribution is -0.141. The first-order valence-electron chi connectivity index (χ1n) is 3.52. The molecule has 0 saturated carbocycles. The summed E-state index contributed by atoms with van der Waals surface area (Å²) >= 11 is 0. The smallest absolute Gasteiger partial charge is 0.435 e. The molecule has 0 aliphatic heterocycles. The molecule has 4 nitrogen and oxygen atoms in total. The van der Waals surface area contributed by atoms with Gasteiger partial charge in [0.05, 0.1) is 0 Å². The number of hydrogen-bond acceptors (Lipinski definition) is 2. The Morgan fingerprint density at radius 2 is 2.00 bits per heavy atom. The highest BCUT2D eigenvalue weighted by molar-refractivity contribution is 5.62. The van der Waals surface area contributed by atoms with Crippen molar-refractivity contribution in [3.05, 3.63) is 17.5 Å². The predicted molar refractivity (Wildman–Crippen MR) is 41.6 cm³/mol. The van der Waals surface area contributed by atoms with Crippen LogP contribution in [0.4, 0.5) is 13.2 Å². The molecule has 0 aliphatic carbocycles. The number of carbonyl (C=O) groups is 1. The van der Waals surface area contributed by atoms with E-state index >= 15 is 0 Å². The maximum Gasteiger partial charge on any atom is 0.435 e. The van der Waals surface area contributed by atoms with Crippen LogP contribution in [-0.2, 0) is 11.0 Å². The number of aliphatic carboxylic acids is 1. The zero-order valence-electron chi connectivity index (χ0n) is 7.51. The van der Waals surface area contributed by atoms with Gasteiger partial charge in [-0.1, -0.05) is 0 Å². The number of aromatic amines is 1. The third-order valence-electron chi connectivity index (χ3n) is 0.996. The normalized spacial score (nSPS) is 10.4. The molecule has 1 heterocycles. The quantitative estimate of drug-likeness (QED) is 0.686. The Hall–Kier alpha value is -1.53. The number of H-pyrrole nitrogens is 1. The monoisotopic (exact) mass is 210 g/mol. The highest BCUT2D eigenvalue weighted by Gasteiger charge is 2.33. The Bertz CT molecular complexity index is 302. The molecule has 1 rings (SSSR count). The highest BCUT2D eigenvalue weighted by atomic mass is 19.4. The van der Waals surface area contributed by atoms with Crippen molar-refractivity contribution in [2.45, 2.75) is 20.0 Å². The highest BCUT2D eigenvalue weighted by Crippen LogP contribution is 2.27. The summed E-state index contributed by atoms with van der Waals surface area (Å²) in [6.07, 6.45) is -4.33. The molecule has 80 valence electrons. The van der Waals surface area contributed by atoms with E-state index in [1.54, 1.807) is 0 Å². The van der Waals surface area contributed by atoms with E-state index in [0.29, 0.717) is 5.69 Å². The molecule has 0 unspecified atom stereocenters. The van der Waals surface area contributed by atoms with E-state index < -0.39 is 17.8 Å². The summed E-state index contributed by atoms with van der Waals surface area (Å²) in [5, 5.41) is 12.7. The fourth-order valence-corrected chi connectivity index (χ4v) is 0.563. The summed E-state index contributed by atoms with van der Waals surface area (Å²) in [4.78, 5) is 9.00. The van der Waals surface area contributed by atoms with Crippen molar-refractivity contribution in [1.82, 2.24) is 10.2 Å². The fraction of sp³-hybridized carbons (Fsp3) is 0.429. The minimum Gasteiger partial charge on any atom is -0.481 e. The number of carboxylic acid groups (broad SMARTS) is 1. The minimum absolute atomic E-state index is 0.410. The maximum atomic E-state index is 11.7. The van der Waals surface area contributed by atoms with Gasteiger partial charge in [-0.2, -0.15) is 18.3 Å². The third-order valence-corrected chi connectivity index (χ3v) is 0.996. The topological polar surface area (TPSA) is 66.0 Å². The van der Waals surface area contributed by atoms with Crippen LogP contribution in [0.25, 0.3) is 0 Å². The van der Waals surface area contributed by atoms with Crippen LogP contribution in [0.3, 0.4) is 0 Å². The van der Waals surface area contributed by atoms with Crippen LogP contribution in [0.5, 0.6) is 0 Å². The standard InChI is InChI=1S/C5H5F3N2.C2H4O2/c1-3-2-4(10-9-3)5(6,7)8;1-2(3)4/h2H,1H3,(H,9,10);1H3,(H,3,4). The van der Waals surface area contributed by atoms with Crippen LogP contribution in [0, 0.1) is 6.92 Å². The number of aromatic nitrogens is 2. The summed E-state index contributed by atoms with van der Waals surface area (Å²) in [6.45, 7) is 2.60. The summed E-state index contributed by atoms with van der Waals surface area (Å²) in [7, 11) is 0. The second-order valence-corrected chi connectivity index (χ2v) is 2.45. The number of hydrogen-bond donors (Lipinski definition) is 2. The Balaban J connectivity index is 0.000000364. The van der Waals surface area contributed by atoms with E-state index in [2.05, 4.69) is 10.2 Å². The summed E-state index contributed by atoms with van der Waals surface area (Å²) in [5.74, 6) is -0.833. The molecule has 0 bridgehead atoms. The number of nitrogens with one attached hydrogen (secondary N) is 1. The van der Waals surface area contributed by atoms with E-state index in [1.807, 2.05) is 0 Å². The number of halogens is 3. The summed E-state index contributed by atoms with van der Waals surface area (Å²) < 4.78 is 35.2. The van der Waals surface area contributed by atoms with Gasteiger partial charge in [-0.3, -0.25) is 9.89 Å². The van der Waals surface area contributed by atoms with Crippen molar-refractivity contribution in [1.29, 1.82) is 0 Å². The summed E-state index contributed by atoms with van der Waals surface area (Å²) in [6, 6.07) is 0.958. The van der Waals surface area contributed by atoms with Crippen LogP contribution in [0.2, 0.25) is 0 Å². The molecule has 0 atom stereocenters. The number of alkyl halides is 3. The first kappa shape index (κ1) is 12.5. The lowest BCUT2D eigenvalue weighted by Crippen LogP contribution is -2.04. The molecule has 0 fully saturated rings. The van der Waals surface area contributed by atoms with Gasteiger partial charge in [0.2, 0.25) is 0 Å². The van der Waals surface area contributed by atoms with Crippen LogP contribution in [0.1, 0.15) is 18.3 Å². The number of rotatable bonds is 0. The molecule has 0 radical (unpaired) electrons. The molecule has 1 aromatic heterocycles. The van der Waals surface area contributed by atoms with Gasteiger partial charge in [0.25, 0.3) is 5.97 Å². The largest absolute Gasteiger partial charge is 0.481 e. The molecular weight excluding hydrogens is 201 g/mol. The second-order valence-electron chi connectivity index (χ2n) is 2.45. The first-order chi connectivity index (χ1) is 6.23. The van der Waals surface area contributed by atoms with Crippen LogP contribution in [-0.4, -0.2) is 21.3 Å². The molecule has 0 aromatic carbocycles. The molecule has 7 heteroatoms. The average Bonchev–Trinajstić information content (AvgIpc) is 2.32. The van der Waals surface area contributed by atoms with Gasteiger partial charge in [-0.05, 0) is 13.0 Å². The van der Waals surface area contributed by atoms with E-state index in [4.69, 9.17) is 9.90 Å². The van der Waals surface area contributed by atoms with Gasteiger partial charge in [-0.15, -0.1) is 0 Å². The van der Waals surface area contributed by atoms with Gasteiger partial charge in [0.1, 0.15) is 0 Å². The van der Waals surface area contributed by atoms with Crippen LogP contribution in [0.15, 0.2) is 6.07 Å². The van der Waals surface area contributed by atoms with Gasteiger partial charge in [0, 0.05) is 12.6 Å². The molecular formula is C7H9F3N2O2. The van der Waals surface area contributed by atoms with E-state index in [-0.39, 0.29) is 0 Å². The third kappa shape index (κ3) is 5.18. The lowest BCUT2D eigenvalue weighted by atomic mass is 10.4. The SMILES string of the molecule is CC(=O)O.Cc1cc(C(F)(F)F)n[nH]1. The predicted octanol–water partition coefficient (Wildman–Crippen LogP) is 1.83. The molecule has 0 aliphatic rings. The Labute approximate surface area is 77.7 Å².